The predicted molar refractivity (Wildman–Crippen MR) is 31.3 cm³/mol. The first kappa shape index (κ1) is 5.09. The third-order valence-electron chi connectivity index (χ3n) is 0.991. The summed E-state index contributed by atoms with van der Waals surface area (Å²) in [6.07, 6.45) is 3.59. The van der Waals surface area contributed by atoms with Gasteiger partial charge in [0.2, 0.25) is 0 Å². The Morgan fingerprint density at radius 3 is 2.88 bits per heavy atom. The molecule has 2 nitrogen and oxygen atoms in total. The molecule has 0 aromatic heterocycles. The quantitative estimate of drug-likeness (QED) is 0.443. The minimum Gasteiger partial charge on any atom is -0.349 e. The van der Waals surface area contributed by atoms with Crippen LogP contribution in [0.25, 0.3) is 0 Å². The summed E-state index contributed by atoms with van der Waals surface area (Å²) in [5.74, 6) is -0.0625. The monoisotopic (exact) mass is 109 g/mol. The summed E-state index contributed by atoms with van der Waals surface area (Å²) in [7, 11) is 0. The van der Waals surface area contributed by atoms with Crippen LogP contribution in [0.15, 0.2) is 24.3 Å². The first-order valence-electron chi connectivity index (χ1n) is 2.44. The highest BCUT2D eigenvalue weighted by atomic mass is 16.1. The second-order valence-electron chi connectivity index (χ2n) is 1.64. The summed E-state index contributed by atoms with van der Waals surface area (Å²) in [5.41, 5.74) is 0.538. The van der Waals surface area contributed by atoms with Gasteiger partial charge in [-0.2, -0.15) is 0 Å². The molecule has 1 aliphatic rings. The molecule has 0 fully saturated rings. The Labute approximate surface area is 47.9 Å². The van der Waals surface area contributed by atoms with E-state index >= 15 is 0 Å². The summed E-state index contributed by atoms with van der Waals surface area (Å²) in [4.78, 5) is 10.5. The maximum Gasteiger partial charge on any atom is 0.250 e. The van der Waals surface area contributed by atoms with Crippen LogP contribution < -0.4 is 5.32 Å². The number of amides is 1. The lowest BCUT2D eigenvalue weighted by atomic mass is 10.2. The minimum atomic E-state index is -0.0625. The van der Waals surface area contributed by atoms with Crippen molar-refractivity contribution in [2.45, 2.75) is 0 Å². The Kier molecular flexibility index (Phi) is 1.16. The first-order chi connectivity index (χ1) is 3.80. The highest BCUT2D eigenvalue weighted by Crippen LogP contribution is 1.95. The van der Waals surface area contributed by atoms with Gasteiger partial charge in [0.15, 0.2) is 0 Å². The summed E-state index contributed by atoms with van der Waals surface area (Å²) in [6.45, 7) is 4.13. The van der Waals surface area contributed by atoms with Crippen LogP contribution in [0.1, 0.15) is 0 Å². The van der Waals surface area contributed by atoms with E-state index in [0.29, 0.717) is 12.1 Å². The third-order valence-corrected chi connectivity index (χ3v) is 0.991. The number of rotatable bonds is 0. The zero-order valence-electron chi connectivity index (χ0n) is 4.48. The van der Waals surface area contributed by atoms with Crippen molar-refractivity contribution in [2.75, 3.05) is 6.54 Å². The molecule has 42 valence electrons. The number of carbonyl (C=O) groups is 1. The van der Waals surface area contributed by atoms with E-state index in [9.17, 15) is 4.79 Å². The molecule has 8 heavy (non-hydrogen) atoms. The Bertz CT molecular complexity index is 158. The van der Waals surface area contributed by atoms with E-state index in [0.717, 1.165) is 0 Å². The van der Waals surface area contributed by atoms with Crippen LogP contribution in [0, 0.1) is 0 Å². The SMILES string of the molecule is C=C1C=CCNC1=O. The maximum atomic E-state index is 10.5. The van der Waals surface area contributed by atoms with Crippen LogP contribution >= 0.6 is 0 Å². The molecule has 0 aromatic rings. The third kappa shape index (κ3) is 0.780. The van der Waals surface area contributed by atoms with Gasteiger partial charge in [-0.25, -0.2) is 0 Å². The Balaban J connectivity index is 2.75. The molecule has 0 saturated heterocycles. The van der Waals surface area contributed by atoms with Crippen LogP contribution in [0.5, 0.6) is 0 Å². The lowest BCUT2D eigenvalue weighted by molar-refractivity contribution is -0.117. The van der Waals surface area contributed by atoms with Gasteiger partial charge >= 0.3 is 0 Å². The molecular weight excluding hydrogens is 102 g/mol. The van der Waals surface area contributed by atoms with Crippen molar-refractivity contribution in [2.24, 2.45) is 0 Å². The molecule has 0 radical (unpaired) electrons. The molecule has 0 aromatic carbocycles. The van der Waals surface area contributed by atoms with Gasteiger partial charge in [-0.05, 0) is 0 Å². The lowest BCUT2D eigenvalue weighted by Crippen LogP contribution is -2.26. The van der Waals surface area contributed by atoms with Gasteiger partial charge in [-0.15, -0.1) is 0 Å². The van der Waals surface area contributed by atoms with Crippen LogP contribution in [-0.4, -0.2) is 12.5 Å². The van der Waals surface area contributed by atoms with Gasteiger partial charge in [-0.3, -0.25) is 4.79 Å². The average Bonchev–Trinajstić information content (AvgIpc) is 1.77. The Hall–Kier alpha value is -1.05. The number of carbonyl (C=O) groups excluding carboxylic acids is 1. The van der Waals surface area contributed by atoms with Crippen molar-refractivity contribution in [3.05, 3.63) is 24.3 Å². The Morgan fingerprint density at radius 1 is 1.75 bits per heavy atom. The Morgan fingerprint density at radius 2 is 2.50 bits per heavy atom. The van der Waals surface area contributed by atoms with E-state index in [4.69, 9.17) is 0 Å². The van der Waals surface area contributed by atoms with Gasteiger partial charge in [0.1, 0.15) is 0 Å². The first-order valence-corrected chi connectivity index (χ1v) is 2.44. The number of nitrogens with one attached hydrogen (secondary N) is 1. The minimum absolute atomic E-state index is 0.0625. The summed E-state index contributed by atoms with van der Waals surface area (Å²) < 4.78 is 0. The van der Waals surface area contributed by atoms with E-state index in [-0.39, 0.29) is 5.91 Å². The van der Waals surface area contributed by atoms with Crippen LogP contribution in [0.3, 0.4) is 0 Å². The average molecular weight is 109 g/mol. The molecule has 0 unspecified atom stereocenters. The van der Waals surface area contributed by atoms with Crippen molar-refractivity contribution in [1.29, 1.82) is 0 Å². The second-order valence-corrected chi connectivity index (χ2v) is 1.64. The van der Waals surface area contributed by atoms with E-state index in [1.807, 2.05) is 6.08 Å². The van der Waals surface area contributed by atoms with Crippen LogP contribution in [-0.2, 0) is 4.79 Å². The molecule has 1 N–H and O–H groups in total. The van der Waals surface area contributed by atoms with Crippen molar-refractivity contribution in [3.8, 4) is 0 Å². The highest BCUT2D eigenvalue weighted by Gasteiger charge is 2.03. The smallest absolute Gasteiger partial charge is 0.250 e. The van der Waals surface area contributed by atoms with E-state index < -0.39 is 0 Å². The molecule has 0 bridgehead atoms. The van der Waals surface area contributed by atoms with Gasteiger partial charge in [0, 0.05) is 12.1 Å². The van der Waals surface area contributed by atoms with E-state index in [1.54, 1.807) is 6.08 Å². The van der Waals surface area contributed by atoms with Crippen LogP contribution in [0.4, 0.5) is 0 Å². The fraction of sp³-hybridized carbons (Fsp3) is 0.167. The molecule has 0 aliphatic carbocycles. The topological polar surface area (TPSA) is 29.1 Å². The fourth-order valence-electron chi connectivity index (χ4n) is 0.542. The molecule has 0 atom stereocenters. The van der Waals surface area contributed by atoms with E-state index in [2.05, 4.69) is 11.9 Å². The number of hydrogen-bond acceptors (Lipinski definition) is 1. The maximum absolute atomic E-state index is 10.5. The fourth-order valence-corrected chi connectivity index (χ4v) is 0.542. The molecule has 1 rings (SSSR count). The molecule has 2 heteroatoms. The molecule has 0 saturated carbocycles. The van der Waals surface area contributed by atoms with Crippen molar-refractivity contribution in [1.82, 2.24) is 5.32 Å². The molecule has 0 spiro atoms. The van der Waals surface area contributed by atoms with Gasteiger partial charge in [0.05, 0.1) is 0 Å². The highest BCUT2D eigenvalue weighted by molar-refractivity contribution is 5.96. The molecule has 1 heterocycles. The van der Waals surface area contributed by atoms with Crippen molar-refractivity contribution >= 4 is 5.91 Å². The standard InChI is InChI=1S/C6H7NO/c1-5-3-2-4-7-6(5)8/h2-3H,1,4H2,(H,7,8). The zero-order valence-corrected chi connectivity index (χ0v) is 4.48. The molecule has 1 aliphatic heterocycles. The van der Waals surface area contributed by atoms with Crippen molar-refractivity contribution in [3.63, 3.8) is 0 Å². The summed E-state index contributed by atoms with van der Waals surface area (Å²) >= 11 is 0. The zero-order chi connectivity index (χ0) is 5.98. The molecule has 1 amide bonds. The second kappa shape index (κ2) is 1.82. The predicted octanol–water partition coefficient (Wildman–Crippen LogP) is 0.229. The van der Waals surface area contributed by atoms with Crippen LogP contribution in [0.2, 0.25) is 0 Å². The molecular formula is C6H7NO. The van der Waals surface area contributed by atoms with E-state index in [1.165, 1.54) is 0 Å². The normalized spacial score (nSPS) is 18.5. The largest absolute Gasteiger partial charge is 0.349 e. The van der Waals surface area contributed by atoms with Gasteiger partial charge in [0.25, 0.3) is 5.91 Å². The summed E-state index contributed by atoms with van der Waals surface area (Å²) in [5, 5.41) is 2.61. The van der Waals surface area contributed by atoms with Gasteiger partial charge < -0.3 is 5.32 Å². The number of hydrogen-bond donors (Lipinski definition) is 1. The van der Waals surface area contributed by atoms with Gasteiger partial charge in [-0.1, -0.05) is 18.7 Å². The summed E-state index contributed by atoms with van der Waals surface area (Å²) in [6, 6.07) is 0. The van der Waals surface area contributed by atoms with Crippen molar-refractivity contribution < 1.29 is 4.79 Å². The lowest BCUT2D eigenvalue weighted by Gasteiger charge is -2.05.